The highest BCUT2D eigenvalue weighted by Gasteiger charge is 2.16. The molecule has 0 atom stereocenters. The molecule has 6 nitrogen and oxygen atoms in total. The van der Waals surface area contributed by atoms with Crippen LogP contribution >= 0.6 is 0 Å². The number of benzene rings is 1. The minimum Gasteiger partial charge on any atom is -0.474 e. The van der Waals surface area contributed by atoms with Crippen LogP contribution in [0.3, 0.4) is 0 Å². The van der Waals surface area contributed by atoms with Crippen molar-refractivity contribution < 1.29 is 9.47 Å². The minimum absolute atomic E-state index is 0.177. The number of hydrogen-bond donors (Lipinski definition) is 2. The lowest BCUT2D eigenvalue weighted by Gasteiger charge is -2.22. The molecule has 4 rings (SSSR count). The number of guanidine groups is 1. The van der Waals surface area contributed by atoms with Gasteiger partial charge in [-0.05, 0) is 54.5 Å². The van der Waals surface area contributed by atoms with Gasteiger partial charge in [0.15, 0.2) is 5.96 Å². The standard InChI is InChI=1S/C22H28N4O2/c23-22(26-20-7-3-5-17-4-1-2-6-19(17)20)25-15-16-8-11-24-21(14-16)28-18-9-12-27-13-10-18/h3,5,7-8,11,14,18H,1-2,4,6,9-10,12-13,15H2,(H3,23,25,26). The van der Waals surface area contributed by atoms with Crippen LogP contribution in [0.25, 0.3) is 0 Å². The average Bonchev–Trinajstić information content (AvgIpc) is 2.74. The molecule has 28 heavy (non-hydrogen) atoms. The number of aryl methyl sites for hydroxylation is 1. The van der Waals surface area contributed by atoms with Crippen molar-refractivity contribution in [2.24, 2.45) is 10.7 Å². The van der Waals surface area contributed by atoms with Crippen molar-refractivity contribution in [3.63, 3.8) is 0 Å². The summed E-state index contributed by atoms with van der Waals surface area (Å²) in [5.41, 5.74) is 11.1. The van der Waals surface area contributed by atoms with E-state index in [4.69, 9.17) is 15.2 Å². The van der Waals surface area contributed by atoms with E-state index < -0.39 is 0 Å². The van der Waals surface area contributed by atoms with E-state index in [0.717, 1.165) is 50.1 Å². The van der Waals surface area contributed by atoms with Crippen molar-refractivity contribution in [3.8, 4) is 5.88 Å². The van der Waals surface area contributed by atoms with Gasteiger partial charge in [0.05, 0.1) is 19.8 Å². The van der Waals surface area contributed by atoms with E-state index in [1.807, 2.05) is 12.1 Å². The zero-order chi connectivity index (χ0) is 19.2. The fourth-order valence-corrected chi connectivity index (χ4v) is 3.83. The van der Waals surface area contributed by atoms with Crippen LogP contribution in [-0.4, -0.2) is 30.3 Å². The van der Waals surface area contributed by atoms with Crippen molar-refractivity contribution in [3.05, 3.63) is 53.2 Å². The Bertz CT molecular complexity index is 831. The summed E-state index contributed by atoms with van der Waals surface area (Å²) in [6, 6.07) is 10.3. The summed E-state index contributed by atoms with van der Waals surface area (Å²) in [6.45, 7) is 1.99. The summed E-state index contributed by atoms with van der Waals surface area (Å²) >= 11 is 0. The number of aliphatic imine (C=N–C) groups is 1. The third-order valence-corrected chi connectivity index (χ3v) is 5.35. The lowest BCUT2D eigenvalue weighted by Crippen LogP contribution is -2.26. The Morgan fingerprint density at radius 1 is 1.21 bits per heavy atom. The molecule has 1 aliphatic heterocycles. The molecule has 3 N–H and O–H groups in total. The second-order valence-corrected chi connectivity index (χ2v) is 7.41. The van der Waals surface area contributed by atoms with Gasteiger partial charge in [-0.25, -0.2) is 9.98 Å². The second-order valence-electron chi connectivity index (χ2n) is 7.41. The highest BCUT2D eigenvalue weighted by atomic mass is 16.5. The third-order valence-electron chi connectivity index (χ3n) is 5.35. The molecule has 0 radical (unpaired) electrons. The zero-order valence-electron chi connectivity index (χ0n) is 16.2. The number of pyridine rings is 1. The zero-order valence-corrected chi connectivity index (χ0v) is 16.2. The van der Waals surface area contributed by atoms with Crippen LogP contribution in [-0.2, 0) is 24.1 Å². The first kappa shape index (κ1) is 18.7. The number of hydrogen-bond acceptors (Lipinski definition) is 4. The molecule has 1 fully saturated rings. The number of anilines is 1. The normalized spacial score (nSPS) is 17.8. The van der Waals surface area contributed by atoms with E-state index in [1.54, 1.807) is 6.20 Å². The number of nitrogens with one attached hydrogen (secondary N) is 1. The summed E-state index contributed by atoms with van der Waals surface area (Å²) < 4.78 is 11.3. The molecule has 0 spiro atoms. The predicted octanol–water partition coefficient (Wildman–Crippen LogP) is 3.45. The molecule has 2 heterocycles. The third kappa shape index (κ3) is 4.81. The monoisotopic (exact) mass is 380 g/mol. The molecule has 1 aromatic heterocycles. The molecule has 0 saturated carbocycles. The van der Waals surface area contributed by atoms with E-state index in [1.165, 1.54) is 24.0 Å². The summed E-state index contributed by atoms with van der Waals surface area (Å²) in [7, 11) is 0. The van der Waals surface area contributed by atoms with Crippen LogP contribution in [0.4, 0.5) is 5.69 Å². The van der Waals surface area contributed by atoms with Gasteiger partial charge >= 0.3 is 0 Å². The van der Waals surface area contributed by atoms with Gasteiger partial charge in [-0.15, -0.1) is 0 Å². The van der Waals surface area contributed by atoms with E-state index in [0.29, 0.717) is 18.4 Å². The van der Waals surface area contributed by atoms with Gasteiger partial charge in [0, 0.05) is 30.8 Å². The molecule has 0 amide bonds. The predicted molar refractivity (Wildman–Crippen MR) is 111 cm³/mol. The first-order valence-corrected chi connectivity index (χ1v) is 10.1. The number of aromatic nitrogens is 1. The number of nitrogens with zero attached hydrogens (tertiary/aromatic N) is 2. The molecule has 1 saturated heterocycles. The molecule has 6 heteroatoms. The largest absolute Gasteiger partial charge is 0.474 e. The van der Waals surface area contributed by atoms with Crippen molar-refractivity contribution in [1.29, 1.82) is 0 Å². The first-order valence-electron chi connectivity index (χ1n) is 10.1. The average molecular weight is 380 g/mol. The van der Waals surface area contributed by atoms with Crippen LogP contribution in [0.1, 0.15) is 42.4 Å². The minimum atomic E-state index is 0.177. The molecular formula is C22H28N4O2. The van der Waals surface area contributed by atoms with Crippen molar-refractivity contribution >= 4 is 11.6 Å². The molecule has 148 valence electrons. The van der Waals surface area contributed by atoms with Crippen LogP contribution in [0, 0.1) is 0 Å². The number of rotatable bonds is 5. The van der Waals surface area contributed by atoms with Gasteiger partial charge in [0.25, 0.3) is 0 Å². The molecule has 2 aliphatic rings. The maximum atomic E-state index is 6.15. The molecule has 0 unspecified atom stereocenters. The van der Waals surface area contributed by atoms with Crippen molar-refractivity contribution in [2.45, 2.75) is 51.2 Å². The lowest BCUT2D eigenvalue weighted by molar-refractivity contribution is 0.0237. The summed E-state index contributed by atoms with van der Waals surface area (Å²) in [6.07, 6.45) is 8.49. The van der Waals surface area contributed by atoms with E-state index in [2.05, 4.69) is 33.5 Å². The van der Waals surface area contributed by atoms with Crippen LogP contribution in [0.2, 0.25) is 0 Å². The number of fused-ring (bicyclic) bond motifs is 1. The Morgan fingerprint density at radius 2 is 2.07 bits per heavy atom. The Kier molecular flexibility index (Phi) is 6.07. The Hall–Kier alpha value is -2.60. The molecule has 1 aromatic carbocycles. The Morgan fingerprint density at radius 3 is 2.96 bits per heavy atom. The van der Waals surface area contributed by atoms with Gasteiger partial charge in [-0.2, -0.15) is 0 Å². The summed E-state index contributed by atoms with van der Waals surface area (Å²) in [4.78, 5) is 8.82. The molecule has 1 aliphatic carbocycles. The molecule has 0 bridgehead atoms. The summed E-state index contributed by atoms with van der Waals surface area (Å²) in [5.74, 6) is 1.07. The number of ether oxygens (including phenoxy) is 2. The van der Waals surface area contributed by atoms with Crippen LogP contribution < -0.4 is 15.8 Å². The second kappa shape index (κ2) is 9.06. The highest BCUT2D eigenvalue weighted by molar-refractivity contribution is 5.93. The fraction of sp³-hybridized carbons (Fsp3) is 0.455. The SMILES string of the molecule is NC(=NCc1ccnc(OC2CCOCC2)c1)Nc1cccc2c1CCCC2. The highest BCUT2D eigenvalue weighted by Crippen LogP contribution is 2.27. The van der Waals surface area contributed by atoms with E-state index in [-0.39, 0.29) is 6.10 Å². The van der Waals surface area contributed by atoms with Gasteiger partial charge in [-0.3, -0.25) is 0 Å². The van der Waals surface area contributed by atoms with Gasteiger partial charge < -0.3 is 20.5 Å². The van der Waals surface area contributed by atoms with Crippen LogP contribution in [0.5, 0.6) is 5.88 Å². The number of nitrogens with two attached hydrogens (primary N) is 1. The topological polar surface area (TPSA) is 81.8 Å². The van der Waals surface area contributed by atoms with Crippen molar-refractivity contribution in [2.75, 3.05) is 18.5 Å². The summed E-state index contributed by atoms with van der Waals surface area (Å²) in [5, 5.41) is 3.29. The maximum absolute atomic E-state index is 6.15. The Labute approximate surface area is 166 Å². The lowest BCUT2D eigenvalue weighted by atomic mass is 9.90. The fourth-order valence-electron chi connectivity index (χ4n) is 3.83. The molecular weight excluding hydrogens is 352 g/mol. The first-order chi connectivity index (χ1) is 13.8. The van der Waals surface area contributed by atoms with Crippen LogP contribution in [0.15, 0.2) is 41.5 Å². The van der Waals surface area contributed by atoms with Gasteiger partial charge in [0.2, 0.25) is 5.88 Å². The smallest absolute Gasteiger partial charge is 0.213 e. The Balaban J connectivity index is 1.38. The van der Waals surface area contributed by atoms with E-state index >= 15 is 0 Å². The van der Waals surface area contributed by atoms with Crippen molar-refractivity contribution in [1.82, 2.24) is 4.98 Å². The van der Waals surface area contributed by atoms with Gasteiger partial charge in [-0.1, -0.05) is 12.1 Å². The molecule has 2 aromatic rings. The quantitative estimate of drug-likeness (QED) is 0.613. The van der Waals surface area contributed by atoms with Gasteiger partial charge in [0.1, 0.15) is 6.10 Å². The van der Waals surface area contributed by atoms with E-state index in [9.17, 15) is 0 Å². The maximum Gasteiger partial charge on any atom is 0.213 e.